The Bertz CT molecular complexity index is 543. The zero-order chi connectivity index (χ0) is 15.5. The molecule has 4 heteroatoms. The third-order valence-corrected chi connectivity index (χ3v) is 4.90. The summed E-state index contributed by atoms with van der Waals surface area (Å²) < 4.78 is 5.22. The van der Waals surface area contributed by atoms with Gasteiger partial charge in [-0.3, -0.25) is 4.79 Å². The zero-order valence-corrected chi connectivity index (χ0v) is 13.0. The summed E-state index contributed by atoms with van der Waals surface area (Å²) in [5.41, 5.74) is 0.656. The van der Waals surface area contributed by atoms with Gasteiger partial charge < -0.3 is 9.64 Å². The van der Waals surface area contributed by atoms with Crippen molar-refractivity contribution in [1.29, 1.82) is 0 Å². The number of hydrogen-bond acceptors (Lipinski definition) is 3. The number of carbonyl (C=O) groups is 2. The number of rotatable bonds is 3. The van der Waals surface area contributed by atoms with E-state index in [1.54, 1.807) is 0 Å². The highest BCUT2D eigenvalue weighted by atomic mass is 16.5. The molecular weight excluding hydrogens is 278 g/mol. The van der Waals surface area contributed by atoms with E-state index >= 15 is 0 Å². The fourth-order valence-corrected chi connectivity index (χ4v) is 3.93. The van der Waals surface area contributed by atoms with E-state index in [1.807, 2.05) is 42.2 Å². The lowest BCUT2D eigenvalue weighted by Crippen LogP contribution is -2.46. The Morgan fingerprint density at radius 2 is 1.91 bits per heavy atom. The van der Waals surface area contributed by atoms with E-state index in [2.05, 4.69) is 0 Å². The predicted molar refractivity (Wildman–Crippen MR) is 83.4 cm³/mol. The van der Waals surface area contributed by atoms with Gasteiger partial charge in [-0.15, -0.1) is 0 Å². The van der Waals surface area contributed by atoms with E-state index in [9.17, 15) is 9.59 Å². The second-order valence-corrected chi connectivity index (χ2v) is 6.19. The minimum Gasteiger partial charge on any atom is -0.464 e. The minimum absolute atomic E-state index is 0.0342. The number of nitrogens with zero attached hydrogens (tertiary/aromatic N) is 1. The first-order valence-electron chi connectivity index (χ1n) is 8.26. The largest absolute Gasteiger partial charge is 0.464 e. The molecule has 0 radical (unpaired) electrons. The molecule has 1 saturated carbocycles. The summed E-state index contributed by atoms with van der Waals surface area (Å²) in [6, 6.07) is 9.04. The standard InChI is InChI=1S/C18H23NO3/c1-2-22-18(21)16-12-14-10-6-7-11-15(14)19(16)17(20)13-8-4-3-5-9-13/h3-5,8-9,14-16H,2,6-7,10-12H2,1H3. The van der Waals surface area contributed by atoms with Crippen LogP contribution in [0.2, 0.25) is 0 Å². The van der Waals surface area contributed by atoms with Crippen molar-refractivity contribution in [1.82, 2.24) is 4.90 Å². The van der Waals surface area contributed by atoms with Crippen LogP contribution in [-0.4, -0.2) is 35.5 Å². The van der Waals surface area contributed by atoms with Gasteiger partial charge in [0.05, 0.1) is 6.61 Å². The molecular formula is C18H23NO3. The third kappa shape index (κ3) is 2.74. The van der Waals surface area contributed by atoms with Gasteiger partial charge in [-0.05, 0) is 44.2 Å². The summed E-state index contributed by atoms with van der Waals surface area (Å²) in [7, 11) is 0. The molecule has 3 atom stereocenters. The van der Waals surface area contributed by atoms with Crippen LogP contribution in [0.1, 0.15) is 49.4 Å². The molecule has 2 fully saturated rings. The molecule has 2 aliphatic rings. The SMILES string of the molecule is CCOC(=O)C1CC2CCCCC2N1C(=O)c1ccccc1. The van der Waals surface area contributed by atoms with Crippen molar-refractivity contribution in [3.05, 3.63) is 35.9 Å². The molecule has 1 aliphatic heterocycles. The van der Waals surface area contributed by atoms with Gasteiger partial charge in [-0.2, -0.15) is 0 Å². The van der Waals surface area contributed by atoms with Gasteiger partial charge in [0.1, 0.15) is 6.04 Å². The summed E-state index contributed by atoms with van der Waals surface area (Å²) in [4.78, 5) is 27.1. The third-order valence-electron chi connectivity index (χ3n) is 4.90. The number of hydrogen-bond donors (Lipinski definition) is 0. The van der Waals surface area contributed by atoms with Gasteiger partial charge in [0, 0.05) is 11.6 Å². The highest BCUT2D eigenvalue weighted by molar-refractivity contribution is 5.97. The predicted octanol–water partition coefficient (Wildman–Crippen LogP) is 3.02. The second kappa shape index (κ2) is 6.51. The maximum Gasteiger partial charge on any atom is 0.328 e. The molecule has 1 amide bonds. The Hall–Kier alpha value is -1.84. The molecule has 1 saturated heterocycles. The van der Waals surface area contributed by atoms with Crippen molar-refractivity contribution < 1.29 is 14.3 Å². The highest BCUT2D eigenvalue weighted by Gasteiger charge is 2.48. The Kier molecular flexibility index (Phi) is 4.46. The fraction of sp³-hybridized carbons (Fsp3) is 0.556. The summed E-state index contributed by atoms with van der Waals surface area (Å²) in [6.07, 6.45) is 5.19. The summed E-state index contributed by atoms with van der Waals surface area (Å²) in [5.74, 6) is 0.157. The molecule has 1 aromatic carbocycles. The first-order chi connectivity index (χ1) is 10.7. The fourth-order valence-electron chi connectivity index (χ4n) is 3.93. The van der Waals surface area contributed by atoms with Crippen molar-refractivity contribution in [3.63, 3.8) is 0 Å². The van der Waals surface area contributed by atoms with E-state index < -0.39 is 6.04 Å². The average Bonchev–Trinajstić information content (AvgIpc) is 2.95. The van der Waals surface area contributed by atoms with Crippen LogP contribution in [0.3, 0.4) is 0 Å². The van der Waals surface area contributed by atoms with Gasteiger partial charge in [-0.1, -0.05) is 31.0 Å². The van der Waals surface area contributed by atoms with E-state index in [-0.39, 0.29) is 17.9 Å². The van der Waals surface area contributed by atoms with E-state index in [0.717, 1.165) is 25.7 Å². The van der Waals surface area contributed by atoms with Crippen LogP contribution in [0.25, 0.3) is 0 Å². The molecule has 3 rings (SSSR count). The number of ether oxygens (including phenoxy) is 1. The Morgan fingerprint density at radius 3 is 2.64 bits per heavy atom. The quantitative estimate of drug-likeness (QED) is 0.806. The van der Waals surface area contributed by atoms with E-state index in [4.69, 9.17) is 4.74 Å². The molecule has 0 bridgehead atoms. The van der Waals surface area contributed by atoms with Gasteiger partial charge >= 0.3 is 5.97 Å². The first kappa shape index (κ1) is 15.1. The van der Waals surface area contributed by atoms with Gasteiger partial charge in [0.15, 0.2) is 0 Å². The molecule has 22 heavy (non-hydrogen) atoms. The summed E-state index contributed by atoms with van der Waals surface area (Å²) in [5, 5.41) is 0. The smallest absolute Gasteiger partial charge is 0.328 e. The maximum atomic E-state index is 12.9. The van der Waals surface area contributed by atoms with Crippen molar-refractivity contribution in [2.45, 2.75) is 51.1 Å². The number of likely N-dealkylation sites (tertiary alicyclic amines) is 1. The van der Waals surface area contributed by atoms with Crippen LogP contribution in [0.15, 0.2) is 30.3 Å². The Labute approximate surface area is 131 Å². The van der Waals surface area contributed by atoms with Crippen molar-refractivity contribution >= 4 is 11.9 Å². The van der Waals surface area contributed by atoms with Crippen molar-refractivity contribution in [2.75, 3.05) is 6.61 Å². The van der Waals surface area contributed by atoms with Gasteiger partial charge in [0.2, 0.25) is 0 Å². The molecule has 1 heterocycles. The lowest BCUT2D eigenvalue weighted by Gasteiger charge is -2.33. The van der Waals surface area contributed by atoms with Crippen LogP contribution in [0.5, 0.6) is 0 Å². The van der Waals surface area contributed by atoms with Crippen LogP contribution < -0.4 is 0 Å². The van der Waals surface area contributed by atoms with Crippen LogP contribution in [-0.2, 0) is 9.53 Å². The number of benzene rings is 1. The van der Waals surface area contributed by atoms with Gasteiger partial charge in [-0.25, -0.2) is 4.79 Å². The monoisotopic (exact) mass is 301 g/mol. The van der Waals surface area contributed by atoms with Crippen LogP contribution in [0.4, 0.5) is 0 Å². The highest BCUT2D eigenvalue weighted by Crippen LogP contribution is 2.40. The number of esters is 1. The number of fused-ring (bicyclic) bond motifs is 1. The number of carbonyl (C=O) groups excluding carboxylic acids is 2. The van der Waals surface area contributed by atoms with Crippen LogP contribution >= 0.6 is 0 Å². The lowest BCUT2D eigenvalue weighted by atomic mass is 9.84. The molecule has 118 valence electrons. The van der Waals surface area contributed by atoms with E-state index in [0.29, 0.717) is 18.1 Å². The normalized spacial score (nSPS) is 27.3. The molecule has 1 aromatic rings. The topological polar surface area (TPSA) is 46.6 Å². The summed E-state index contributed by atoms with van der Waals surface area (Å²) >= 11 is 0. The molecule has 0 spiro atoms. The number of amides is 1. The Morgan fingerprint density at radius 1 is 1.18 bits per heavy atom. The second-order valence-electron chi connectivity index (χ2n) is 6.19. The summed E-state index contributed by atoms with van der Waals surface area (Å²) in [6.45, 7) is 2.17. The molecule has 1 aliphatic carbocycles. The lowest BCUT2D eigenvalue weighted by molar-refractivity contribution is -0.148. The first-order valence-corrected chi connectivity index (χ1v) is 8.26. The molecule has 0 N–H and O–H groups in total. The molecule has 3 unspecified atom stereocenters. The van der Waals surface area contributed by atoms with Gasteiger partial charge in [0.25, 0.3) is 5.91 Å². The molecule has 4 nitrogen and oxygen atoms in total. The molecule has 0 aromatic heterocycles. The van der Waals surface area contributed by atoms with E-state index in [1.165, 1.54) is 6.42 Å². The maximum absolute atomic E-state index is 12.9. The zero-order valence-electron chi connectivity index (χ0n) is 13.0. The Balaban J connectivity index is 1.88. The van der Waals surface area contributed by atoms with Crippen LogP contribution in [0, 0.1) is 5.92 Å². The van der Waals surface area contributed by atoms with Crippen molar-refractivity contribution in [3.8, 4) is 0 Å². The minimum atomic E-state index is -0.416. The van der Waals surface area contributed by atoms with Crippen molar-refractivity contribution in [2.24, 2.45) is 5.92 Å². The average molecular weight is 301 g/mol.